The molecule has 0 amide bonds. The number of benzene rings is 1. The summed E-state index contributed by atoms with van der Waals surface area (Å²) in [5, 5.41) is 4.26. The maximum absolute atomic E-state index is 5.74. The van der Waals surface area contributed by atoms with Crippen LogP contribution in [-0.4, -0.2) is 21.4 Å². The number of ether oxygens (including phenoxy) is 2. The predicted molar refractivity (Wildman–Crippen MR) is 81.0 cm³/mol. The minimum Gasteiger partial charge on any atom is -0.490 e. The zero-order valence-electron chi connectivity index (χ0n) is 11.5. The predicted octanol–water partition coefficient (Wildman–Crippen LogP) is 2.03. The van der Waals surface area contributed by atoms with E-state index in [1.165, 1.54) is 0 Å². The lowest BCUT2D eigenvalue weighted by Crippen LogP contribution is -2.10. The molecule has 1 aromatic carbocycles. The molecular weight excluding hydrogens is 274 g/mol. The number of thiocarbonyl (C=S) groups is 1. The van der Waals surface area contributed by atoms with Gasteiger partial charge in [0.05, 0.1) is 12.3 Å². The van der Waals surface area contributed by atoms with Crippen molar-refractivity contribution in [2.45, 2.75) is 13.5 Å². The second-order valence-electron chi connectivity index (χ2n) is 4.23. The molecule has 0 bridgehead atoms. The Bertz CT molecular complexity index is 610. The molecule has 0 unspecified atom stereocenters. The van der Waals surface area contributed by atoms with Gasteiger partial charge in [0.25, 0.3) is 0 Å². The van der Waals surface area contributed by atoms with Crippen molar-refractivity contribution in [1.82, 2.24) is 9.78 Å². The topological polar surface area (TPSA) is 62.3 Å². The van der Waals surface area contributed by atoms with Crippen LogP contribution in [0.2, 0.25) is 0 Å². The Hall–Kier alpha value is -2.08. The van der Waals surface area contributed by atoms with Crippen molar-refractivity contribution in [3.05, 3.63) is 41.7 Å². The van der Waals surface area contributed by atoms with Crippen molar-refractivity contribution in [2.24, 2.45) is 12.8 Å². The smallest absolute Gasteiger partial charge is 0.161 e. The fourth-order valence-corrected chi connectivity index (χ4v) is 1.87. The summed E-state index contributed by atoms with van der Waals surface area (Å²) >= 11 is 4.96. The highest BCUT2D eigenvalue weighted by Crippen LogP contribution is 2.29. The number of hydrogen-bond donors (Lipinski definition) is 1. The molecule has 0 aliphatic heterocycles. The van der Waals surface area contributed by atoms with Gasteiger partial charge in [-0.2, -0.15) is 5.10 Å². The zero-order valence-corrected chi connectivity index (χ0v) is 12.3. The number of rotatable bonds is 6. The van der Waals surface area contributed by atoms with Crippen molar-refractivity contribution < 1.29 is 9.47 Å². The van der Waals surface area contributed by atoms with E-state index in [-0.39, 0.29) is 0 Å². The number of aromatic nitrogens is 2. The van der Waals surface area contributed by atoms with Crippen molar-refractivity contribution in [1.29, 1.82) is 0 Å². The van der Waals surface area contributed by atoms with Crippen LogP contribution in [0.5, 0.6) is 11.5 Å². The third-order valence-electron chi connectivity index (χ3n) is 2.67. The normalized spacial score (nSPS) is 10.3. The van der Waals surface area contributed by atoms with Gasteiger partial charge in [-0.3, -0.25) is 4.68 Å². The molecule has 0 spiro atoms. The van der Waals surface area contributed by atoms with Crippen LogP contribution in [0.4, 0.5) is 0 Å². The van der Waals surface area contributed by atoms with Gasteiger partial charge in [-0.25, -0.2) is 0 Å². The Labute approximate surface area is 123 Å². The molecule has 1 heterocycles. The van der Waals surface area contributed by atoms with Gasteiger partial charge < -0.3 is 15.2 Å². The van der Waals surface area contributed by atoms with Crippen molar-refractivity contribution in [3.63, 3.8) is 0 Å². The van der Waals surface area contributed by atoms with E-state index in [2.05, 4.69) is 5.10 Å². The van der Waals surface area contributed by atoms with E-state index < -0.39 is 0 Å². The molecule has 5 nitrogen and oxygen atoms in total. The summed E-state index contributed by atoms with van der Waals surface area (Å²) in [6, 6.07) is 7.32. The van der Waals surface area contributed by atoms with Gasteiger partial charge in [0.15, 0.2) is 11.5 Å². The average Bonchev–Trinajstić information content (AvgIpc) is 2.83. The van der Waals surface area contributed by atoms with Gasteiger partial charge in [0.1, 0.15) is 11.6 Å². The van der Waals surface area contributed by atoms with E-state index in [0.29, 0.717) is 29.7 Å². The maximum Gasteiger partial charge on any atom is 0.161 e. The molecule has 106 valence electrons. The lowest BCUT2D eigenvalue weighted by atomic mass is 10.2. The fourth-order valence-electron chi connectivity index (χ4n) is 1.74. The van der Waals surface area contributed by atoms with E-state index in [4.69, 9.17) is 27.4 Å². The second-order valence-corrected chi connectivity index (χ2v) is 4.67. The summed E-state index contributed by atoms with van der Waals surface area (Å²) in [6.45, 7) is 2.84. The summed E-state index contributed by atoms with van der Waals surface area (Å²) in [6.07, 6.45) is 1.87. The number of aryl methyl sites for hydroxylation is 1. The van der Waals surface area contributed by atoms with E-state index in [9.17, 15) is 0 Å². The molecular formula is C14H17N3O2S. The SMILES string of the molecule is CCOc1cc(C(N)=S)ccc1OCc1ccn(C)n1. The van der Waals surface area contributed by atoms with Gasteiger partial charge in [0, 0.05) is 18.8 Å². The molecule has 0 aliphatic carbocycles. The monoisotopic (exact) mass is 291 g/mol. The van der Waals surface area contributed by atoms with E-state index in [1.54, 1.807) is 10.7 Å². The van der Waals surface area contributed by atoms with Crippen LogP contribution < -0.4 is 15.2 Å². The van der Waals surface area contributed by atoms with E-state index in [0.717, 1.165) is 11.3 Å². The first-order valence-electron chi connectivity index (χ1n) is 6.28. The van der Waals surface area contributed by atoms with Gasteiger partial charge in [-0.05, 0) is 31.2 Å². The highest BCUT2D eigenvalue weighted by molar-refractivity contribution is 7.80. The van der Waals surface area contributed by atoms with Crippen LogP contribution in [0, 0.1) is 0 Å². The van der Waals surface area contributed by atoms with Gasteiger partial charge in [0.2, 0.25) is 0 Å². The average molecular weight is 291 g/mol. The molecule has 2 N–H and O–H groups in total. The standard InChI is InChI=1S/C14H17N3O2S/c1-3-18-13-8-10(14(15)20)4-5-12(13)19-9-11-6-7-17(2)16-11/h4-8H,3,9H2,1-2H3,(H2,15,20). The van der Waals surface area contributed by atoms with Crippen LogP contribution >= 0.6 is 12.2 Å². The number of hydrogen-bond acceptors (Lipinski definition) is 4. The maximum atomic E-state index is 5.74. The summed E-state index contributed by atoms with van der Waals surface area (Å²) in [5.41, 5.74) is 7.23. The molecule has 20 heavy (non-hydrogen) atoms. The van der Waals surface area contributed by atoms with Crippen LogP contribution in [0.1, 0.15) is 18.2 Å². The molecule has 2 aromatic rings. The van der Waals surface area contributed by atoms with Gasteiger partial charge >= 0.3 is 0 Å². The number of nitrogens with two attached hydrogens (primary N) is 1. The molecule has 6 heteroatoms. The van der Waals surface area contributed by atoms with E-state index >= 15 is 0 Å². The summed E-state index contributed by atoms with van der Waals surface area (Å²) < 4.78 is 13.0. The minimum absolute atomic E-state index is 0.335. The highest BCUT2D eigenvalue weighted by atomic mass is 32.1. The van der Waals surface area contributed by atoms with Crippen LogP contribution in [0.25, 0.3) is 0 Å². The minimum atomic E-state index is 0.335. The Morgan fingerprint density at radius 2 is 2.10 bits per heavy atom. The molecule has 0 fully saturated rings. The number of nitrogens with zero attached hydrogens (tertiary/aromatic N) is 2. The fraction of sp³-hybridized carbons (Fsp3) is 0.286. The molecule has 0 aliphatic rings. The molecule has 0 saturated heterocycles. The van der Waals surface area contributed by atoms with Crippen LogP contribution in [0.15, 0.2) is 30.5 Å². The second kappa shape index (κ2) is 6.38. The summed E-state index contributed by atoms with van der Waals surface area (Å²) in [7, 11) is 1.87. The van der Waals surface area contributed by atoms with Crippen LogP contribution in [0.3, 0.4) is 0 Å². The molecule has 0 radical (unpaired) electrons. The summed E-state index contributed by atoms with van der Waals surface area (Å²) in [5.74, 6) is 1.28. The quantitative estimate of drug-likeness (QED) is 0.825. The van der Waals surface area contributed by atoms with Gasteiger partial charge in [-0.15, -0.1) is 0 Å². The summed E-state index contributed by atoms with van der Waals surface area (Å²) in [4.78, 5) is 0.335. The Balaban J connectivity index is 2.15. The van der Waals surface area contributed by atoms with Gasteiger partial charge in [-0.1, -0.05) is 12.2 Å². The Kier molecular flexibility index (Phi) is 4.57. The Morgan fingerprint density at radius 1 is 1.30 bits per heavy atom. The van der Waals surface area contributed by atoms with Crippen molar-refractivity contribution in [2.75, 3.05) is 6.61 Å². The third-order valence-corrected chi connectivity index (χ3v) is 2.91. The largest absolute Gasteiger partial charge is 0.490 e. The zero-order chi connectivity index (χ0) is 14.5. The molecule has 0 atom stereocenters. The lowest BCUT2D eigenvalue weighted by molar-refractivity contribution is 0.266. The van der Waals surface area contributed by atoms with Crippen molar-refractivity contribution in [3.8, 4) is 11.5 Å². The molecule has 0 saturated carbocycles. The highest BCUT2D eigenvalue weighted by Gasteiger charge is 2.09. The molecule has 1 aromatic heterocycles. The van der Waals surface area contributed by atoms with E-state index in [1.807, 2.05) is 38.4 Å². The van der Waals surface area contributed by atoms with Crippen LogP contribution in [-0.2, 0) is 13.7 Å². The Morgan fingerprint density at radius 3 is 2.70 bits per heavy atom. The first-order valence-corrected chi connectivity index (χ1v) is 6.69. The van der Waals surface area contributed by atoms with Crippen molar-refractivity contribution >= 4 is 17.2 Å². The first kappa shape index (κ1) is 14.3. The molecule has 2 rings (SSSR count). The first-order chi connectivity index (χ1) is 9.60. The third kappa shape index (κ3) is 3.48. The lowest BCUT2D eigenvalue weighted by Gasteiger charge is -2.12.